The zero-order chi connectivity index (χ0) is 20.5. The molecular formula is C20H31N5O4. The van der Waals surface area contributed by atoms with Crippen LogP contribution in [-0.2, 0) is 9.47 Å². The highest BCUT2D eigenvalue weighted by Crippen LogP contribution is 2.26. The second-order valence-corrected chi connectivity index (χ2v) is 7.12. The summed E-state index contributed by atoms with van der Waals surface area (Å²) in [4.78, 5) is 28.4. The van der Waals surface area contributed by atoms with Gasteiger partial charge in [-0.3, -0.25) is 5.43 Å². The second-order valence-electron chi connectivity index (χ2n) is 7.12. The first-order valence-electron chi connectivity index (χ1n) is 10.3. The largest absolute Gasteiger partial charge is 0.449 e. The van der Waals surface area contributed by atoms with Crippen molar-refractivity contribution >= 4 is 23.5 Å². The number of piperazine rings is 1. The van der Waals surface area contributed by atoms with E-state index in [0.29, 0.717) is 59.1 Å². The number of ether oxygens (including phenoxy) is 2. The molecule has 3 amide bonds. The van der Waals surface area contributed by atoms with Crippen LogP contribution in [0.5, 0.6) is 0 Å². The third-order valence-electron chi connectivity index (χ3n) is 5.02. The van der Waals surface area contributed by atoms with E-state index < -0.39 is 0 Å². The van der Waals surface area contributed by atoms with Gasteiger partial charge in [-0.25, -0.2) is 14.6 Å². The fraction of sp³-hybridized carbons (Fsp3) is 0.600. The minimum absolute atomic E-state index is 0.241. The number of para-hydroxylation sites is 2. The molecule has 0 aliphatic carbocycles. The quantitative estimate of drug-likeness (QED) is 0.705. The number of morpholine rings is 1. The smallest absolute Gasteiger partial charge is 0.409 e. The van der Waals surface area contributed by atoms with Crippen molar-refractivity contribution in [2.75, 3.05) is 69.3 Å². The Balaban J connectivity index is 1.52. The third kappa shape index (κ3) is 6.23. The maximum atomic E-state index is 12.4. The number of nitrogens with one attached hydrogen (secondary N) is 2. The normalized spacial score (nSPS) is 17.7. The van der Waals surface area contributed by atoms with Gasteiger partial charge in [0.1, 0.15) is 0 Å². The van der Waals surface area contributed by atoms with E-state index in [-0.39, 0.29) is 12.1 Å². The zero-order valence-electron chi connectivity index (χ0n) is 17.1. The number of amides is 3. The van der Waals surface area contributed by atoms with E-state index in [4.69, 9.17) is 9.47 Å². The highest BCUT2D eigenvalue weighted by atomic mass is 16.6. The fourth-order valence-electron chi connectivity index (χ4n) is 3.35. The molecule has 0 spiro atoms. The minimum atomic E-state index is -0.266. The first kappa shape index (κ1) is 21.2. The van der Waals surface area contributed by atoms with Gasteiger partial charge >= 0.3 is 12.1 Å². The molecule has 1 aromatic carbocycles. The van der Waals surface area contributed by atoms with Gasteiger partial charge in [0.05, 0.1) is 31.2 Å². The Morgan fingerprint density at radius 2 is 1.79 bits per heavy atom. The van der Waals surface area contributed by atoms with Gasteiger partial charge in [-0.15, -0.1) is 0 Å². The van der Waals surface area contributed by atoms with Gasteiger partial charge < -0.3 is 24.6 Å². The number of unbranched alkanes of at least 4 members (excludes halogenated alkanes) is 1. The summed E-state index contributed by atoms with van der Waals surface area (Å²) in [5.74, 6) is 0. The molecule has 3 rings (SSSR count). The molecule has 1 aromatic rings. The van der Waals surface area contributed by atoms with Crippen LogP contribution in [0, 0.1) is 0 Å². The average molecular weight is 405 g/mol. The Bertz CT molecular complexity index is 673. The number of urea groups is 1. The zero-order valence-corrected chi connectivity index (χ0v) is 17.1. The van der Waals surface area contributed by atoms with Crippen molar-refractivity contribution in [1.29, 1.82) is 0 Å². The maximum absolute atomic E-state index is 12.4. The summed E-state index contributed by atoms with van der Waals surface area (Å²) >= 11 is 0. The van der Waals surface area contributed by atoms with Crippen LogP contribution in [0.4, 0.5) is 21.0 Å². The Kier molecular flexibility index (Phi) is 7.94. The second kappa shape index (κ2) is 10.9. The molecular weight excluding hydrogens is 374 g/mol. The van der Waals surface area contributed by atoms with Gasteiger partial charge in [0.25, 0.3) is 0 Å². The van der Waals surface area contributed by atoms with E-state index in [0.717, 1.165) is 24.2 Å². The van der Waals surface area contributed by atoms with E-state index >= 15 is 0 Å². The van der Waals surface area contributed by atoms with Gasteiger partial charge in [-0.05, 0) is 18.6 Å². The van der Waals surface area contributed by atoms with E-state index in [2.05, 4.69) is 22.6 Å². The minimum Gasteiger partial charge on any atom is -0.449 e. The number of hydrazine groups is 1. The van der Waals surface area contributed by atoms with Crippen molar-refractivity contribution in [1.82, 2.24) is 15.3 Å². The van der Waals surface area contributed by atoms with Crippen molar-refractivity contribution in [3.63, 3.8) is 0 Å². The van der Waals surface area contributed by atoms with E-state index in [1.165, 1.54) is 0 Å². The summed E-state index contributed by atoms with van der Waals surface area (Å²) in [6, 6.07) is 7.46. The molecule has 9 heteroatoms. The molecule has 0 radical (unpaired) electrons. The highest BCUT2D eigenvalue weighted by Gasteiger charge is 2.24. The summed E-state index contributed by atoms with van der Waals surface area (Å²) in [7, 11) is 0. The van der Waals surface area contributed by atoms with Crippen LogP contribution in [-0.4, -0.2) is 81.1 Å². The SMILES string of the molecule is CCCCOC(=O)N1CCN(c2ccccc2NC(=O)NN2CCOCC2)CC1. The van der Waals surface area contributed by atoms with Gasteiger partial charge in [-0.2, -0.15) is 0 Å². The molecule has 2 aliphatic rings. The van der Waals surface area contributed by atoms with Crippen molar-refractivity contribution in [2.24, 2.45) is 0 Å². The van der Waals surface area contributed by atoms with Crippen LogP contribution in [0.25, 0.3) is 0 Å². The molecule has 29 heavy (non-hydrogen) atoms. The Hall–Kier alpha value is -2.52. The van der Waals surface area contributed by atoms with Gasteiger partial charge in [0.2, 0.25) is 0 Å². The molecule has 0 bridgehead atoms. The summed E-state index contributed by atoms with van der Waals surface area (Å²) in [6.07, 6.45) is 1.65. The third-order valence-corrected chi connectivity index (χ3v) is 5.02. The molecule has 0 unspecified atom stereocenters. The lowest BCUT2D eigenvalue weighted by Gasteiger charge is -2.36. The van der Waals surface area contributed by atoms with E-state index in [9.17, 15) is 9.59 Å². The van der Waals surface area contributed by atoms with Crippen molar-refractivity contribution < 1.29 is 19.1 Å². The molecule has 0 aromatic heterocycles. The van der Waals surface area contributed by atoms with Crippen LogP contribution in [0.3, 0.4) is 0 Å². The highest BCUT2D eigenvalue weighted by molar-refractivity contribution is 5.93. The van der Waals surface area contributed by atoms with Crippen molar-refractivity contribution in [2.45, 2.75) is 19.8 Å². The molecule has 9 nitrogen and oxygen atoms in total. The standard InChI is InChI=1S/C20H31N5O4/c1-2-3-14-29-20(27)24-10-8-23(9-11-24)18-7-5-4-6-17(18)21-19(26)22-25-12-15-28-16-13-25/h4-7H,2-3,8-16H2,1H3,(H2,21,22,26). The van der Waals surface area contributed by atoms with Crippen LogP contribution < -0.4 is 15.6 Å². The van der Waals surface area contributed by atoms with E-state index in [1.54, 1.807) is 4.90 Å². The van der Waals surface area contributed by atoms with Crippen LogP contribution in [0.1, 0.15) is 19.8 Å². The molecule has 0 saturated carbocycles. The number of carbonyl (C=O) groups is 2. The topological polar surface area (TPSA) is 86.4 Å². The maximum Gasteiger partial charge on any atom is 0.409 e. The lowest BCUT2D eigenvalue weighted by Crippen LogP contribution is -2.50. The van der Waals surface area contributed by atoms with Gasteiger partial charge in [-0.1, -0.05) is 25.5 Å². The summed E-state index contributed by atoms with van der Waals surface area (Å²) < 4.78 is 10.6. The fourth-order valence-corrected chi connectivity index (χ4v) is 3.35. The predicted octanol–water partition coefficient (Wildman–Crippen LogP) is 2.11. The van der Waals surface area contributed by atoms with Crippen LogP contribution in [0.15, 0.2) is 24.3 Å². The Morgan fingerprint density at radius 1 is 1.07 bits per heavy atom. The number of hydrogen-bond donors (Lipinski definition) is 2. The summed E-state index contributed by atoms with van der Waals surface area (Å²) in [6.45, 7) is 7.68. The predicted molar refractivity (Wildman–Crippen MR) is 111 cm³/mol. The first-order chi connectivity index (χ1) is 14.2. The van der Waals surface area contributed by atoms with Gasteiger partial charge in [0, 0.05) is 39.3 Å². The van der Waals surface area contributed by atoms with Crippen molar-refractivity contribution in [3.05, 3.63) is 24.3 Å². The average Bonchev–Trinajstić information content (AvgIpc) is 2.75. The molecule has 2 fully saturated rings. The molecule has 2 saturated heterocycles. The van der Waals surface area contributed by atoms with E-state index in [1.807, 2.05) is 29.3 Å². The summed E-state index contributed by atoms with van der Waals surface area (Å²) in [5, 5.41) is 4.80. The van der Waals surface area contributed by atoms with Crippen LogP contribution >= 0.6 is 0 Å². The Morgan fingerprint density at radius 3 is 2.52 bits per heavy atom. The number of carbonyl (C=O) groups excluding carboxylic acids is 2. The van der Waals surface area contributed by atoms with Gasteiger partial charge in [0.15, 0.2) is 0 Å². The number of nitrogens with zero attached hydrogens (tertiary/aromatic N) is 3. The number of benzene rings is 1. The lowest BCUT2D eigenvalue weighted by atomic mass is 10.2. The first-order valence-corrected chi connectivity index (χ1v) is 10.3. The molecule has 2 aliphatic heterocycles. The van der Waals surface area contributed by atoms with Crippen molar-refractivity contribution in [3.8, 4) is 0 Å². The Labute approximate surface area is 171 Å². The molecule has 2 heterocycles. The summed E-state index contributed by atoms with van der Waals surface area (Å²) in [5.41, 5.74) is 4.55. The number of anilines is 2. The monoisotopic (exact) mass is 405 g/mol. The lowest BCUT2D eigenvalue weighted by molar-refractivity contribution is 0.0207. The molecule has 0 atom stereocenters. The number of rotatable bonds is 6. The number of hydrogen-bond acceptors (Lipinski definition) is 6. The molecule has 160 valence electrons. The van der Waals surface area contributed by atoms with Crippen LogP contribution in [0.2, 0.25) is 0 Å². The molecule has 2 N–H and O–H groups in total.